The number of hydrogen-bond donors (Lipinski definition) is 1. The van der Waals surface area contributed by atoms with Gasteiger partial charge in [0.05, 0.1) is 7.11 Å². The average molecular weight is 432 g/mol. The van der Waals surface area contributed by atoms with E-state index in [1.807, 2.05) is 0 Å². The van der Waals surface area contributed by atoms with Gasteiger partial charge in [-0.15, -0.1) is 0 Å². The Hall–Kier alpha value is -2.82. The molecule has 0 spiro atoms. The summed E-state index contributed by atoms with van der Waals surface area (Å²) in [7, 11) is -4.62. The number of halogens is 3. The lowest BCUT2D eigenvalue weighted by molar-refractivity contribution is -0.123. The summed E-state index contributed by atoms with van der Waals surface area (Å²) >= 11 is 0. The number of carbonyl (C=O) groups excluding carboxylic acids is 1. The van der Waals surface area contributed by atoms with E-state index >= 15 is 0 Å². The van der Waals surface area contributed by atoms with E-state index < -0.39 is 32.8 Å². The number of ether oxygens (including phenoxy) is 1. The molecule has 158 valence electrons. The number of amides is 1. The molecule has 0 saturated heterocycles. The number of hydrogen-bond acceptors (Lipinski definition) is 6. The van der Waals surface area contributed by atoms with Crippen molar-refractivity contribution in [3.63, 3.8) is 0 Å². The van der Waals surface area contributed by atoms with Crippen LogP contribution in [0.1, 0.15) is 20.8 Å². The third-order valence-electron chi connectivity index (χ3n) is 3.71. The summed E-state index contributed by atoms with van der Waals surface area (Å²) in [6.07, 6.45) is 1.07. The smallest absolute Gasteiger partial charge is 0.496 e. The van der Waals surface area contributed by atoms with Gasteiger partial charge in [-0.1, -0.05) is 39.0 Å². The Balaban J connectivity index is 2.70. The lowest BCUT2D eigenvalue weighted by Gasteiger charge is -2.21. The molecule has 0 aliphatic heterocycles. The molecule has 0 fully saturated rings. The highest BCUT2D eigenvalue weighted by atomic mass is 32.2. The van der Waals surface area contributed by atoms with Crippen molar-refractivity contribution in [1.29, 1.82) is 0 Å². The summed E-state index contributed by atoms with van der Waals surface area (Å²) in [5.41, 5.74) is -6.38. The maximum Gasteiger partial charge on any atom is 0.534 e. The Morgan fingerprint density at radius 3 is 2.24 bits per heavy atom. The zero-order chi connectivity index (χ0) is 22.0. The number of anilines is 1. The van der Waals surface area contributed by atoms with Crippen molar-refractivity contribution in [1.82, 2.24) is 4.98 Å². The molecule has 1 heterocycles. The van der Waals surface area contributed by atoms with E-state index in [9.17, 15) is 26.4 Å². The van der Waals surface area contributed by atoms with Crippen molar-refractivity contribution >= 4 is 21.7 Å². The van der Waals surface area contributed by atoms with Crippen LogP contribution in [0.5, 0.6) is 11.6 Å². The molecule has 29 heavy (non-hydrogen) atoms. The zero-order valence-corrected chi connectivity index (χ0v) is 16.8. The Kier molecular flexibility index (Phi) is 6.12. The number of rotatable bonds is 5. The largest absolute Gasteiger partial charge is 0.534 e. The van der Waals surface area contributed by atoms with Crippen molar-refractivity contribution in [2.45, 2.75) is 26.3 Å². The second-order valence-corrected chi connectivity index (χ2v) is 8.46. The van der Waals surface area contributed by atoms with Crippen molar-refractivity contribution in [3.8, 4) is 22.8 Å². The lowest BCUT2D eigenvalue weighted by Crippen LogP contribution is -2.30. The molecule has 7 nitrogen and oxygen atoms in total. The zero-order valence-electron chi connectivity index (χ0n) is 16.0. The predicted octanol–water partition coefficient (Wildman–Crippen LogP) is 3.97. The number of pyridine rings is 1. The number of methoxy groups -OCH3 is 1. The molecule has 11 heteroatoms. The van der Waals surface area contributed by atoms with Gasteiger partial charge in [0.25, 0.3) is 5.88 Å². The Morgan fingerprint density at radius 1 is 1.07 bits per heavy atom. The number of benzene rings is 1. The van der Waals surface area contributed by atoms with Crippen LogP contribution in [0.2, 0.25) is 0 Å². The van der Waals surface area contributed by atoms with E-state index in [0.717, 1.165) is 6.20 Å². The number of nitrogens with one attached hydrogen (secondary N) is 1. The van der Waals surface area contributed by atoms with Gasteiger partial charge in [-0.25, -0.2) is 4.98 Å². The van der Waals surface area contributed by atoms with E-state index in [1.54, 1.807) is 45.0 Å². The highest BCUT2D eigenvalue weighted by molar-refractivity contribution is 7.88. The molecule has 1 amide bonds. The van der Waals surface area contributed by atoms with E-state index in [1.165, 1.54) is 13.2 Å². The topological polar surface area (TPSA) is 94.6 Å². The van der Waals surface area contributed by atoms with Crippen molar-refractivity contribution in [2.75, 3.05) is 12.4 Å². The molecule has 0 unspecified atom stereocenters. The minimum Gasteiger partial charge on any atom is -0.496 e. The molecular formula is C18H19F3N2O5S. The number of aromatic nitrogens is 1. The SMILES string of the molecule is COc1ccccc1-c1ccnc(OS(=O)(=O)C(F)(F)F)c1NC(=O)C(C)(C)C. The summed E-state index contributed by atoms with van der Waals surface area (Å²) in [6, 6.07) is 7.88. The predicted molar refractivity (Wildman–Crippen MR) is 99.9 cm³/mol. The first-order chi connectivity index (χ1) is 13.3. The molecule has 0 atom stereocenters. The van der Waals surface area contributed by atoms with Gasteiger partial charge in [-0.05, 0) is 12.1 Å². The van der Waals surface area contributed by atoms with Gasteiger partial charge in [0.2, 0.25) is 5.91 Å². The second-order valence-electron chi connectivity index (χ2n) is 6.93. The molecule has 0 radical (unpaired) electrons. The average Bonchev–Trinajstić information content (AvgIpc) is 2.61. The first-order valence-corrected chi connectivity index (χ1v) is 9.63. The van der Waals surface area contributed by atoms with Crippen LogP contribution in [0.15, 0.2) is 36.5 Å². The van der Waals surface area contributed by atoms with Crippen LogP contribution in [0.3, 0.4) is 0 Å². The molecule has 0 aliphatic rings. The van der Waals surface area contributed by atoms with E-state index in [-0.39, 0.29) is 11.3 Å². The van der Waals surface area contributed by atoms with Crippen LogP contribution in [0.25, 0.3) is 11.1 Å². The highest BCUT2D eigenvalue weighted by Gasteiger charge is 2.49. The van der Waals surface area contributed by atoms with Crippen LogP contribution in [-0.2, 0) is 14.9 Å². The third-order valence-corrected chi connectivity index (χ3v) is 4.65. The van der Waals surface area contributed by atoms with E-state index in [0.29, 0.717) is 11.3 Å². The fraction of sp³-hybridized carbons (Fsp3) is 0.333. The lowest BCUT2D eigenvalue weighted by atomic mass is 9.95. The molecule has 2 aromatic rings. The molecule has 0 aliphatic carbocycles. The molecule has 0 bridgehead atoms. The van der Waals surface area contributed by atoms with Gasteiger partial charge >= 0.3 is 15.6 Å². The van der Waals surface area contributed by atoms with Crippen LogP contribution in [0.4, 0.5) is 18.9 Å². The molecule has 2 rings (SSSR count). The summed E-state index contributed by atoms with van der Waals surface area (Å²) in [6.45, 7) is 4.73. The van der Waals surface area contributed by atoms with Crippen LogP contribution in [0, 0.1) is 5.41 Å². The molecule has 1 aromatic heterocycles. The fourth-order valence-corrected chi connectivity index (χ4v) is 2.60. The van der Waals surface area contributed by atoms with Crippen LogP contribution in [-0.4, -0.2) is 31.9 Å². The molecule has 1 aromatic carbocycles. The van der Waals surface area contributed by atoms with Gasteiger partial charge in [0, 0.05) is 22.7 Å². The summed E-state index contributed by atoms with van der Waals surface area (Å²) in [5, 5.41) is 2.43. The van der Waals surface area contributed by atoms with Gasteiger partial charge in [-0.2, -0.15) is 21.6 Å². The molecule has 1 N–H and O–H groups in total. The second kappa shape index (κ2) is 7.90. The highest BCUT2D eigenvalue weighted by Crippen LogP contribution is 2.41. The Bertz CT molecular complexity index is 1010. The van der Waals surface area contributed by atoms with Crippen molar-refractivity contribution in [3.05, 3.63) is 36.5 Å². The van der Waals surface area contributed by atoms with Gasteiger partial charge in [0.1, 0.15) is 11.4 Å². The standard InChI is InChI=1S/C18H19F3N2O5S/c1-17(2,3)16(24)23-14-12(11-7-5-6-8-13(11)27-4)9-10-22-15(14)28-29(25,26)18(19,20)21/h5-10H,1-4H3,(H,23,24). The van der Waals surface area contributed by atoms with Gasteiger partial charge in [-0.3, -0.25) is 4.79 Å². The van der Waals surface area contributed by atoms with Gasteiger partial charge < -0.3 is 14.2 Å². The van der Waals surface area contributed by atoms with Crippen molar-refractivity contribution < 1.29 is 35.3 Å². The summed E-state index contributed by atoms with van der Waals surface area (Å²) in [4.78, 5) is 16.1. The van der Waals surface area contributed by atoms with Gasteiger partial charge in [0.15, 0.2) is 0 Å². The first-order valence-electron chi connectivity index (χ1n) is 8.22. The number of carbonyl (C=O) groups is 1. The first kappa shape index (κ1) is 22.5. The fourth-order valence-electron chi connectivity index (χ4n) is 2.17. The minimum absolute atomic E-state index is 0.169. The van der Waals surface area contributed by atoms with Crippen molar-refractivity contribution in [2.24, 2.45) is 5.41 Å². The summed E-state index contributed by atoms with van der Waals surface area (Å²) < 4.78 is 70.9. The van der Waals surface area contributed by atoms with E-state index in [2.05, 4.69) is 14.5 Å². The third kappa shape index (κ3) is 4.97. The van der Waals surface area contributed by atoms with E-state index in [4.69, 9.17) is 4.74 Å². The summed E-state index contributed by atoms with van der Waals surface area (Å²) in [5.74, 6) is -1.16. The Labute approximate surface area is 166 Å². The number of para-hydroxylation sites is 1. The minimum atomic E-state index is -6.00. The number of nitrogens with zero attached hydrogens (tertiary/aromatic N) is 1. The molecular weight excluding hydrogens is 413 g/mol. The monoisotopic (exact) mass is 432 g/mol. The quantitative estimate of drug-likeness (QED) is 0.568. The van der Waals surface area contributed by atoms with Crippen LogP contribution < -0.4 is 14.2 Å². The maximum atomic E-state index is 12.8. The maximum absolute atomic E-state index is 12.8. The van der Waals surface area contributed by atoms with Crippen LogP contribution >= 0.6 is 0 Å². The Morgan fingerprint density at radius 2 is 1.69 bits per heavy atom. The number of alkyl halides is 3. The molecule has 0 saturated carbocycles. The normalized spacial score (nSPS) is 12.4.